The lowest BCUT2D eigenvalue weighted by atomic mass is 9.55. The number of imide groups is 1. The summed E-state index contributed by atoms with van der Waals surface area (Å²) in [6.07, 6.45) is 0. The van der Waals surface area contributed by atoms with Gasteiger partial charge in [0, 0.05) is 18.1 Å². The molecule has 1 aliphatic heterocycles. The van der Waals surface area contributed by atoms with E-state index in [1.807, 2.05) is 48.5 Å². The van der Waals surface area contributed by atoms with Gasteiger partial charge in [-0.15, -0.1) is 0 Å². The molecular weight excluding hydrogens is 472 g/mol. The molecule has 0 radical (unpaired) electrons. The van der Waals surface area contributed by atoms with Gasteiger partial charge in [-0.1, -0.05) is 70.5 Å². The van der Waals surface area contributed by atoms with Crippen LogP contribution in [0.25, 0.3) is 0 Å². The van der Waals surface area contributed by atoms with Crippen LogP contribution in [0.5, 0.6) is 0 Å². The highest BCUT2D eigenvalue weighted by molar-refractivity contribution is 9.09. The van der Waals surface area contributed by atoms with Gasteiger partial charge in [-0.3, -0.25) is 19.7 Å². The Balaban J connectivity index is 1.60. The van der Waals surface area contributed by atoms with Crippen molar-refractivity contribution >= 4 is 39.1 Å². The second kappa shape index (κ2) is 6.36. The molecule has 32 heavy (non-hydrogen) atoms. The zero-order valence-corrected chi connectivity index (χ0v) is 18.6. The summed E-state index contributed by atoms with van der Waals surface area (Å²) in [6, 6.07) is 20.2. The number of carbonyl (C=O) groups is 2. The first kappa shape index (κ1) is 19.4. The van der Waals surface area contributed by atoms with E-state index in [1.165, 1.54) is 17.0 Å². The van der Waals surface area contributed by atoms with Crippen LogP contribution < -0.4 is 4.90 Å². The fraction of sp³-hybridized carbons (Fsp3) is 0.200. The number of nitrogens with zero attached hydrogens (tertiary/aromatic N) is 2. The molecule has 158 valence electrons. The number of alkyl halides is 1. The lowest BCUT2D eigenvalue weighted by Crippen LogP contribution is -2.50. The number of halogens is 1. The van der Waals surface area contributed by atoms with E-state index in [-0.39, 0.29) is 29.1 Å². The molecule has 6 nitrogen and oxygen atoms in total. The van der Waals surface area contributed by atoms with Crippen LogP contribution in [0.4, 0.5) is 11.4 Å². The fourth-order valence-electron chi connectivity index (χ4n) is 5.87. The molecule has 0 N–H and O–H groups in total. The Morgan fingerprint density at radius 2 is 1.53 bits per heavy atom. The van der Waals surface area contributed by atoms with E-state index >= 15 is 0 Å². The van der Waals surface area contributed by atoms with Crippen molar-refractivity contribution in [1.29, 1.82) is 0 Å². The van der Waals surface area contributed by atoms with Crippen LogP contribution in [0, 0.1) is 28.9 Å². The number of carbonyl (C=O) groups excluding carboxylic acids is 2. The standard InChI is InChI=1S/C25H17BrN2O4/c1-13-10-11-14(28(31)32)12-19(13)27-23(29)21-20-15-6-2-4-8-17(15)25(26,22(21)24(27)30)18-9-5-3-7-16(18)20/h2-12,20-22H,1H3/t20?,21-,22+,25?/m0/s1. The molecule has 1 saturated heterocycles. The third-order valence-corrected chi connectivity index (χ3v) is 8.51. The molecule has 1 heterocycles. The van der Waals surface area contributed by atoms with E-state index in [1.54, 1.807) is 13.0 Å². The van der Waals surface area contributed by atoms with Gasteiger partial charge in [0.1, 0.15) is 0 Å². The maximum absolute atomic E-state index is 13.9. The summed E-state index contributed by atoms with van der Waals surface area (Å²) < 4.78 is -0.838. The Hall–Kier alpha value is -3.32. The van der Waals surface area contributed by atoms with Gasteiger partial charge in [-0.05, 0) is 34.7 Å². The summed E-state index contributed by atoms with van der Waals surface area (Å²) >= 11 is 3.95. The predicted molar refractivity (Wildman–Crippen MR) is 122 cm³/mol. The van der Waals surface area contributed by atoms with Crippen molar-refractivity contribution < 1.29 is 14.5 Å². The molecule has 0 aromatic heterocycles. The fourth-order valence-corrected chi connectivity index (χ4v) is 7.07. The Morgan fingerprint density at radius 3 is 2.12 bits per heavy atom. The van der Waals surface area contributed by atoms with Crippen LogP contribution in [0.1, 0.15) is 33.7 Å². The Labute approximate surface area is 192 Å². The van der Waals surface area contributed by atoms with Crippen molar-refractivity contribution in [2.45, 2.75) is 17.2 Å². The monoisotopic (exact) mass is 488 g/mol. The van der Waals surface area contributed by atoms with Crippen molar-refractivity contribution in [2.75, 3.05) is 4.90 Å². The molecule has 0 unspecified atom stereocenters. The van der Waals surface area contributed by atoms with Gasteiger partial charge < -0.3 is 0 Å². The number of benzene rings is 3. The second-order valence-electron chi connectivity index (χ2n) is 8.61. The number of nitro benzene ring substituents is 1. The first-order chi connectivity index (χ1) is 15.4. The van der Waals surface area contributed by atoms with Gasteiger partial charge >= 0.3 is 0 Å². The highest BCUT2D eigenvalue weighted by Crippen LogP contribution is 2.66. The molecule has 2 amide bonds. The van der Waals surface area contributed by atoms with Crippen molar-refractivity contribution in [3.05, 3.63) is 105 Å². The largest absolute Gasteiger partial charge is 0.274 e. The molecule has 4 aliphatic rings. The smallest absolute Gasteiger partial charge is 0.271 e. The van der Waals surface area contributed by atoms with E-state index in [9.17, 15) is 19.7 Å². The van der Waals surface area contributed by atoms with Gasteiger partial charge in [0.05, 0.1) is 26.8 Å². The zero-order valence-electron chi connectivity index (χ0n) is 17.0. The maximum atomic E-state index is 13.9. The number of hydrogen-bond donors (Lipinski definition) is 0. The average molecular weight is 489 g/mol. The minimum absolute atomic E-state index is 0.149. The SMILES string of the molecule is Cc1ccc([N+](=O)[O-])cc1N1C(=O)[C@H]2C3c4ccccc4C(Br)(c4ccccc43)[C@H]2C1=O. The van der Waals surface area contributed by atoms with Crippen LogP contribution in [0.3, 0.4) is 0 Å². The van der Waals surface area contributed by atoms with Crippen molar-refractivity contribution in [2.24, 2.45) is 11.8 Å². The third-order valence-electron chi connectivity index (χ3n) is 7.16. The van der Waals surface area contributed by atoms with Gasteiger partial charge in [-0.25, -0.2) is 4.90 Å². The molecule has 2 atom stereocenters. The summed E-state index contributed by atoms with van der Waals surface area (Å²) in [6.45, 7) is 1.75. The molecule has 1 fully saturated rings. The summed E-state index contributed by atoms with van der Waals surface area (Å²) in [4.78, 5) is 39.8. The van der Waals surface area contributed by atoms with E-state index < -0.39 is 21.1 Å². The van der Waals surface area contributed by atoms with Gasteiger partial charge in [-0.2, -0.15) is 0 Å². The molecule has 0 saturated carbocycles. The predicted octanol–water partition coefficient (Wildman–Crippen LogP) is 4.81. The first-order valence-electron chi connectivity index (χ1n) is 10.4. The van der Waals surface area contributed by atoms with Crippen molar-refractivity contribution in [3.63, 3.8) is 0 Å². The Bertz CT molecular complexity index is 1320. The molecule has 2 bridgehead atoms. The van der Waals surface area contributed by atoms with E-state index in [0.717, 1.165) is 22.3 Å². The van der Waals surface area contributed by atoms with Crippen LogP contribution in [-0.2, 0) is 13.9 Å². The molecular formula is C25H17BrN2O4. The number of non-ortho nitro benzene ring substituents is 1. The minimum atomic E-state index is -0.838. The quantitative estimate of drug-likeness (QED) is 0.224. The third kappa shape index (κ3) is 2.19. The first-order valence-corrected chi connectivity index (χ1v) is 11.2. The summed E-state index contributed by atoms with van der Waals surface area (Å²) in [7, 11) is 0. The number of aryl methyl sites for hydroxylation is 1. The van der Waals surface area contributed by atoms with Crippen LogP contribution in [0.2, 0.25) is 0 Å². The molecule has 0 spiro atoms. The summed E-state index contributed by atoms with van der Waals surface area (Å²) in [5.41, 5.74) is 4.87. The highest BCUT2D eigenvalue weighted by Gasteiger charge is 2.67. The van der Waals surface area contributed by atoms with Crippen LogP contribution in [0.15, 0.2) is 66.7 Å². The molecule has 3 aromatic carbocycles. The summed E-state index contributed by atoms with van der Waals surface area (Å²) in [5, 5.41) is 11.4. The van der Waals surface area contributed by atoms with Crippen LogP contribution >= 0.6 is 15.9 Å². The summed E-state index contributed by atoms with van der Waals surface area (Å²) in [5.74, 6) is -2.09. The molecule has 3 aromatic rings. The number of rotatable bonds is 2. The number of hydrogen-bond acceptors (Lipinski definition) is 4. The van der Waals surface area contributed by atoms with Crippen molar-refractivity contribution in [3.8, 4) is 0 Å². The maximum Gasteiger partial charge on any atom is 0.271 e. The molecule has 7 heteroatoms. The van der Waals surface area contributed by atoms with E-state index in [0.29, 0.717) is 5.56 Å². The topological polar surface area (TPSA) is 80.5 Å². The van der Waals surface area contributed by atoms with Gasteiger partial charge in [0.25, 0.3) is 5.69 Å². The lowest BCUT2D eigenvalue weighted by Gasteiger charge is -2.51. The molecule has 3 aliphatic carbocycles. The van der Waals surface area contributed by atoms with E-state index in [2.05, 4.69) is 15.9 Å². The average Bonchev–Trinajstić information content (AvgIpc) is 3.06. The normalized spacial score (nSPS) is 27.2. The highest BCUT2D eigenvalue weighted by atomic mass is 79.9. The number of amides is 2. The van der Waals surface area contributed by atoms with Crippen LogP contribution in [-0.4, -0.2) is 16.7 Å². The van der Waals surface area contributed by atoms with Crippen molar-refractivity contribution in [1.82, 2.24) is 0 Å². The Morgan fingerprint density at radius 1 is 0.938 bits per heavy atom. The number of anilines is 1. The lowest BCUT2D eigenvalue weighted by molar-refractivity contribution is -0.384. The Kier molecular flexibility index (Phi) is 3.85. The second-order valence-corrected chi connectivity index (χ2v) is 9.86. The van der Waals surface area contributed by atoms with Gasteiger partial charge in [0.15, 0.2) is 0 Å². The van der Waals surface area contributed by atoms with Gasteiger partial charge in [0.2, 0.25) is 11.8 Å². The molecule has 7 rings (SSSR count). The number of nitro groups is 1. The van der Waals surface area contributed by atoms with E-state index in [4.69, 9.17) is 0 Å². The minimum Gasteiger partial charge on any atom is -0.274 e. The zero-order chi connectivity index (χ0) is 22.4.